The molecule has 0 amide bonds. The van der Waals surface area contributed by atoms with E-state index in [2.05, 4.69) is 58.5 Å². The highest BCUT2D eigenvalue weighted by atomic mass is 15.2. The summed E-state index contributed by atoms with van der Waals surface area (Å²) >= 11 is 0. The van der Waals surface area contributed by atoms with E-state index in [0.717, 1.165) is 17.9 Å². The summed E-state index contributed by atoms with van der Waals surface area (Å²) in [6, 6.07) is 8.63. The fraction of sp³-hybridized carbons (Fsp3) is 0.471. The Bertz CT molecular complexity index is 577. The molecule has 0 aliphatic carbocycles. The molecule has 4 nitrogen and oxygen atoms in total. The molecule has 1 saturated heterocycles. The molecule has 4 heteroatoms. The standard InChI is InChI=1S/C17H24N4/c1-13-15(14(2)20-19-13)12-18-16-8-4-5-9-17(16)21-10-6-3-7-11-21/h4-5,8-9,18H,3,6-7,10-12H2,1-2H3,(H,19,20). The molecule has 0 saturated carbocycles. The second-order valence-corrected chi connectivity index (χ2v) is 5.83. The minimum atomic E-state index is 0.818. The molecule has 0 spiro atoms. The van der Waals surface area contributed by atoms with Crippen LogP contribution in [0, 0.1) is 13.8 Å². The lowest BCUT2D eigenvalue weighted by atomic mass is 10.1. The third-order valence-corrected chi connectivity index (χ3v) is 4.34. The van der Waals surface area contributed by atoms with Crippen molar-refractivity contribution < 1.29 is 0 Å². The zero-order chi connectivity index (χ0) is 14.7. The number of para-hydroxylation sites is 2. The highest BCUT2D eigenvalue weighted by Gasteiger charge is 2.14. The predicted molar refractivity (Wildman–Crippen MR) is 87.9 cm³/mol. The molecule has 2 N–H and O–H groups in total. The first kappa shape index (κ1) is 14.0. The fourth-order valence-corrected chi connectivity index (χ4v) is 3.05. The molecule has 0 atom stereocenters. The molecule has 0 bridgehead atoms. The first-order chi connectivity index (χ1) is 10.3. The lowest BCUT2D eigenvalue weighted by molar-refractivity contribution is 0.578. The van der Waals surface area contributed by atoms with E-state index in [1.54, 1.807) is 0 Å². The Hall–Kier alpha value is -1.97. The molecule has 1 fully saturated rings. The van der Waals surface area contributed by atoms with Gasteiger partial charge in [0.1, 0.15) is 0 Å². The SMILES string of the molecule is Cc1n[nH]c(C)c1CNc1ccccc1N1CCCCC1. The van der Waals surface area contributed by atoms with Crippen molar-refractivity contribution in [1.29, 1.82) is 0 Å². The average molecular weight is 284 g/mol. The van der Waals surface area contributed by atoms with E-state index >= 15 is 0 Å². The van der Waals surface area contributed by atoms with Crippen LogP contribution < -0.4 is 10.2 Å². The van der Waals surface area contributed by atoms with Crippen molar-refractivity contribution in [1.82, 2.24) is 10.2 Å². The Morgan fingerprint density at radius 3 is 2.62 bits per heavy atom. The van der Waals surface area contributed by atoms with Crippen molar-refractivity contribution in [3.63, 3.8) is 0 Å². The largest absolute Gasteiger partial charge is 0.379 e. The van der Waals surface area contributed by atoms with Crippen molar-refractivity contribution in [3.8, 4) is 0 Å². The Morgan fingerprint density at radius 1 is 1.14 bits per heavy atom. The van der Waals surface area contributed by atoms with Crippen LogP contribution in [0.4, 0.5) is 11.4 Å². The second kappa shape index (κ2) is 6.20. The summed E-state index contributed by atoms with van der Waals surface area (Å²) in [6.45, 7) is 7.29. The second-order valence-electron chi connectivity index (χ2n) is 5.83. The van der Waals surface area contributed by atoms with Crippen LogP contribution in [0.15, 0.2) is 24.3 Å². The van der Waals surface area contributed by atoms with Crippen LogP contribution in [-0.4, -0.2) is 23.3 Å². The van der Waals surface area contributed by atoms with E-state index in [1.165, 1.54) is 49.3 Å². The van der Waals surface area contributed by atoms with E-state index in [0.29, 0.717) is 0 Å². The lowest BCUT2D eigenvalue weighted by Crippen LogP contribution is -2.30. The third-order valence-electron chi connectivity index (χ3n) is 4.34. The summed E-state index contributed by atoms with van der Waals surface area (Å²) in [7, 11) is 0. The number of anilines is 2. The monoisotopic (exact) mass is 284 g/mol. The topological polar surface area (TPSA) is 44.0 Å². The molecule has 3 rings (SSSR count). The van der Waals surface area contributed by atoms with E-state index in [-0.39, 0.29) is 0 Å². The van der Waals surface area contributed by atoms with Gasteiger partial charge in [0.25, 0.3) is 0 Å². The van der Waals surface area contributed by atoms with Gasteiger partial charge < -0.3 is 10.2 Å². The highest BCUT2D eigenvalue weighted by molar-refractivity contribution is 5.70. The van der Waals surface area contributed by atoms with Crippen molar-refractivity contribution in [2.45, 2.75) is 39.7 Å². The number of nitrogens with one attached hydrogen (secondary N) is 2. The lowest BCUT2D eigenvalue weighted by Gasteiger charge is -2.30. The number of nitrogens with zero attached hydrogens (tertiary/aromatic N) is 2. The minimum absolute atomic E-state index is 0.818. The zero-order valence-electron chi connectivity index (χ0n) is 12.9. The molecule has 2 aromatic rings. The first-order valence-electron chi connectivity index (χ1n) is 7.84. The Morgan fingerprint density at radius 2 is 1.90 bits per heavy atom. The van der Waals surface area contributed by atoms with Crippen LogP contribution in [0.2, 0.25) is 0 Å². The number of benzene rings is 1. The number of hydrogen-bond donors (Lipinski definition) is 2. The maximum atomic E-state index is 4.27. The van der Waals surface area contributed by atoms with Gasteiger partial charge in [0.05, 0.1) is 17.1 Å². The van der Waals surface area contributed by atoms with E-state index in [4.69, 9.17) is 0 Å². The van der Waals surface area contributed by atoms with Gasteiger partial charge in [-0.15, -0.1) is 0 Å². The Labute approximate surface area is 126 Å². The molecular weight excluding hydrogens is 260 g/mol. The van der Waals surface area contributed by atoms with Crippen molar-refractivity contribution in [2.75, 3.05) is 23.3 Å². The molecule has 1 aliphatic heterocycles. The van der Waals surface area contributed by atoms with Gasteiger partial charge >= 0.3 is 0 Å². The quantitative estimate of drug-likeness (QED) is 0.901. The number of hydrogen-bond acceptors (Lipinski definition) is 3. The summed E-state index contributed by atoms with van der Waals surface area (Å²) in [4.78, 5) is 2.50. The van der Waals surface area contributed by atoms with Gasteiger partial charge in [0.15, 0.2) is 0 Å². The maximum absolute atomic E-state index is 4.27. The molecule has 1 aromatic heterocycles. The Balaban J connectivity index is 1.76. The van der Waals surface area contributed by atoms with Crippen LogP contribution in [0.3, 0.4) is 0 Å². The molecule has 1 aromatic carbocycles. The van der Waals surface area contributed by atoms with Gasteiger partial charge in [-0.25, -0.2) is 0 Å². The van der Waals surface area contributed by atoms with Gasteiger partial charge in [-0.2, -0.15) is 5.10 Å². The number of piperidine rings is 1. The fourth-order valence-electron chi connectivity index (χ4n) is 3.05. The summed E-state index contributed by atoms with van der Waals surface area (Å²) in [5, 5.41) is 10.9. The summed E-state index contributed by atoms with van der Waals surface area (Å²) in [5.41, 5.74) is 6.05. The number of aromatic nitrogens is 2. The molecule has 112 valence electrons. The molecule has 21 heavy (non-hydrogen) atoms. The number of aryl methyl sites for hydroxylation is 2. The number of aromatic amines is 1. The van der Waals surface area contributed by atoms with Crippen molar-refractivity contribution in [3.05, 3.63) is 41.2 Å². The predicted octanol–water partition coefficient (Wildman–Crippen LogP) is 3.63. The van der Waals surface area contributed by atoms with E-state index < -0.39 is 0 Å². The van der Waals surface area contributed by atoms with Crippen molar-refractivity contribution >= 4 is 11.4 Å². The van der Waals surface area contributed by atoms with Gasteiger partial charge in [0.2, 0.25) is 0 Å². The average Bonchev–Trinajstić information content (AvgIpc) is 2.85. The third kappa shape index (κ3) is 3.04. The van der Waals surface area contributed by atoms with E-state index in [1.807, 2.05) is 0 Å². The van der Waals surface area contributed by atoms with Crippen molar-refractivity contribution in [2.24, 2.45) is 0 Å². The minimum Gasteiger partial charge on any atom is -0.379 e. The molecular formula is C17H24N4. The summed E-state index contributed by atoms with van der Waals surface area (Å²) in [5.74, 6) is 0. The summed E-state index contributed by atoms with van der Waals surface area (Å²) in [6.07, 6.45) is 3.96. The van der Waals surface area contributed by atoms with Crippen LogP contribution in [0.5, 0.6) is 0 Å². The Kier molecular flexibility index (Phi) is 4.13. The van der Waals surface area contributed by atoms with Gasteiger partial charge in [-0.3, -0.25) is 5.10 Å². The van der Waals surface area contributed by atoms with E-state index in [9.17, 15) is 0 Å². The first-order valence-corrected chi connectivity index (χ1v) is 7.84. The maximum Gasteiger partial charge on any atom is 0.0643 e. The van der Waals surface area contributed by atoms with Crippen LogP contribution >= 0.6 is 0 Å². The van der Waals surface area contributed by atoms with Crippen LogP contribution in [0.1, 0.15) is 36.2 Å². The molecule has 1 aliphatic rings. The van der Waals surface area contributed by atoms with Gasteiger partial charge in [0, 0.05) is 30.9 Å². The summed E-state index contributed by atoms with van der Waals surface area (Å²) < 4.78 is 0. The number of rotatable bonds is 4. The highest BCUT2D eigenvalue weighted by Crippen LogP contribution is 2.28. The van der Waals surface area contributed by atoms with Crippen LogP contribution in [0.25, 0.3) is 0 Å². The molecule has 2 heterocycles. The molecule has 0 unspecified atom stereocenters. The molecule has 0 radical (unpaired) electrons. The van der Waals surface area contributed by atoms with Gasteiger partial charge in [-0.1, -0.05) is 12.1 Å². The van der Waals surface area contributed by atoms with Gasteiger partial charge in [-0.05, 0) is 45.2 Å². The normalized spacial score (nSPS) is 15.2. The van der Waals surface area contributed by atoms with Crippen LogP contribution in [-0.2, 0) is 6.54 Å². The number of H-pyrrole nitrogens is 1. The zero-order valence-corrected chi connectivity index (χ0v) is 12.9. The smallest absolute Gasteiger partial charge is 0.0643 e.